The molecule has 0 bridgehead atoms. The largest absolute Gasteiger partial charge is 0.475 e. The second-order valence-corrected chi connectivity index (χ2v) is 8.65. The summed E-state index contributed by atoms with van der Waals surface area (Å²) in [7, 11) is -1.75. The molecule has 13 heteroatoms. The number of aliphatic imine (C=N–C) groups is 1. The second kappa shape index (κ2) is 13.3. The third-order valence-corrected chi connectivity index (χ3v) is 5.30. The maximum absolute atomic E-state index is 13.0. The minimum absolute atomic E-state index is 0.0930. The summed E-state index contributed by atoms with van der Waals surface area (Å²) in [5.41, 5.74) is 8.01. The number of ketones is 1. The van der Waals surface area contributed by atoms with E-state index >= 15 is 0 Å². The van der Waals surface area contributed by atoms with Gasteiger partial charge in [0.25, 0.3) is 5.96 Å². The van der Waals surface area contributed by atoms with Crippen molar-refractivity contribution in [3.05, 3.63) is 52.2 Å². The quantitative estimate of drug-likeness (QED) is 0.0519. The normalized spacial score (nSPS) is 13.3. The van der Waals surface area contributed by atoms with Crippen molar-refractivity contribution in [1.29, 1.82) is 0 Å². The molecule has 0 spiro atoms. The first-order valence-corrected chi connectivity index (χ1v) is 11.3. The summed E-state index contributed by atoms with van der Waals surface area (Å²) in [6.07, 6.45) is 0.715. The minimum atomic E-state index is -1.75. The van der Waals surface area contributed by atoms with E-state index in [2.05, 4.69) is 15.3 Å². The average molecular weight is 486 g/mol. The van der Waals surface area contributed by atoms with Gasteiger partial charge in [0.15, 0.2) is 10.8 Å². The number of hydrogen-bond donors (Lipinski definition) is 5. The molecule has 0 saturated carbocycles. The van der Waals surface area contributed by atoms with Crippen LogP contribution < -0.4 is 16.5 Å². The van der Waals surface area contributed by atoms with Crippen LogP contribution in [0, 0.1) is 22.0 Å². The zero-order valence-corrected chi connectivity index (χ0v) is 19.8. The highest BCUT2D eigenvalue weighted by atomic mass is 16.7. The van der Waals surface area contributed by atoms with Crippen molar-refractivity contribution in [2.75, 3.05) is 6.54 Å². The number of carbonyl (C=O) groups excluding carboxylic acids is 2. The van der Waals surface area contributed by atoms with Crippen LogP contribution in [0.2, 0.25) is 0 Å². The van der Waals surface area contributed by atoms with E-state index in [1.165, 1.54) is 0 Å². The van der Waals surface area contributed by atoms with Gasteiger partial charge in [0, 0.05) is 24.3 Å². The Kier molecular flexibility index (Phi) is 10.6. The zero-order valence-electron chi connectivity index (χ0n) is 19.8. The van der Waals surface area contributed by atoms with E-state index in [1.54, 1.807) is 23.6 Å². The van der Waals surface area contributed by atoms with Crippen molar-refractivity contribution in [3.8, 4) is 0 Å². The molecule has 1 aromatic heterocycles. The highest BCUT2D eigenvalue weighted by Crippen LogP contribution is 2.19. The Balaban J connectivity index is 2.14. The summed E-state index contributed by atoms with van der Waals surface area (Å²) >= 11 is 0. The first kappa shape index (κ1) is 27.7. The number of para-hydroxylation sites is 1. The Morgan fingerprint density at radius 1 is 1.23 bits per heavy atom. The molecule has 0 unspecified atom stereocenters. The number of nitrogens with one attached hydrogen (secondary N) is 2. The van der Waals surface area contributed by atoms with E-state index in [4.69, 9.17) is 5.73 Å². The van der Waals surface area contributed by atoms with Gasteiger partial charge in [0.1, 0.15) is 5.69 Å². The molecule has 12 nitrogen and oxygen atoms in total. The summed E-state index contributed by atoms with van der Waals surface area (Å²) in [6, 6.07) is 10.7. The lowest BCUT2D eigenvalue weighted by Gasteiger charge is -2.23. The molecule has 6 N–H and O–H groups in total. The van der Waals surface area contributed by atoms with Gasteiger partial charge in [-0.15, -0.1) is 0 Å². The van der Waals surface area contributed by atoms with Crippen molar-refractivity contribution in [1.82, 2.24) is 15.7 Å². The maximum atomic E-state index is 13.0. The summed E-state index contributed by atoms with van der Waals surface area (Å²) in [5, 5.41) is 32.4. The van der Waals surface area contributed by atoms with E-state index in [0.717, 1.165) is 5.39 Å². The second-order valence-electron chi connectivity index (χ2n) is 8.65. The van der Waals surface area contributed by atoms with Crippen LogP contribution in [0.5, 0.6) is 0 Å². The smallest absolute Gasteiger partial charge is 0.426 e. The molecule has 2 aromatic rings. The number of rotatable bonds is 13. The Morgan fingerprint density at radius 2 is 1.94 bits per heavy atom. The zero-order chi connectivity index (χ0) is 26.0. The van der Waals surface area contributed by atoms with Gasteiger partial charge in [0.2, 0.25) is 5.91 Å². The summed E-state index contributed by atoms with van der Waals surface area (Å²) in [6.45, 7) is 3.86. The predicted octanol–water partition coefficient (Wildman–Crippen LogP) is 0.843. The van der Waals surface area contributed by atoms with Crippen molar-refractivity contribution in [2.45, 2.75) is 45.5 Å². The molecule has 35 heavy (non-hydrogen) atoms. The number of amides is 1. The van der Waals surface area contributed by atoms with Gasteiger partial charge in [-0.25, -0.2) is 20.1 Å². The summed E-state index contributed by atoms with van der Waals surface area (Å²) in [4.78, 5) is 44.6. The standard InChI is InChI=1S/C22H31BN6O6/c1-14(2)12-20(23(32)33)27-21(31)16(7-5-11-25-22(24)28-29(34)35)13-19(30)18-10-9-15-6-3-4-8-17(15)26-18/h3-4,6,8-10,14,16,20,32-33H,5,7,11-13H2,1-2H3,(H,27,31)(H3,24,25,28)/t16-,20+/m1/s1. The fourth-order valence-corrected chi connectivity index (χ4v) is 3.61. The topological polar surface area (TPSA) is 193 Å². The molecule has 188 valence electrons. The van der Waals surface area contributed by atoms with Crippen LogP contribution in [0.1, 0.15) is 50.0 Å². The highest BCUT2D eigenvalue weighted by Gasteiger charge is 2.30. The Hall–Kier alpha value is -3.58. The van der Waals surface area contributed by atoms with Crippen molar-refractivity contribution < 1.29 is 24.7 Å². The molecule has 0 aliphatic carbocycles. The predicted molar refractivity (Wildman–Crippen MR) is 132 cm³/mol. The molecule has 1 aromatic carbocycles. The van der Waals surface area contributed by atoms with Gasteiger partial charge in [0.05, 0.1) is 11.5 Å². The van der Waals surface area contributed by atoms with Crippen LogP contribution in [0.3, 0.4) is 0 Å². The third-order valence-electron chi connectivity index (χ3n) is 5.30. The first-order valence-electron chi connectivity index (χ1n) is 11.3. The lowest BCUT2D eigenvalue weighted by molar-refractivity contribution is -0.525. The number of nitrogens with zero attached hydrogens (tertiary/aromatic N) is 3. The number of Topliss-reactive ketones (excluding diaryl/α,β-unsaturated/α-hetero) is 1. The molecule has 2 rings (SSSR count). The molecule has 0 saturated heterocycles. The van der Waals surface area contributed by atoms with Crippen LogP contribution in [0.15, 0.2) is 41.4 Å². The fraction of sp³-hybridized carbons (Fsp3) is 0.455. The molecular weight excluding hydrogens is 455 g/mol. The third kappa shape index (κ3) is 9.30. The van der Waals surface area contributed by atoms with Gasteiger partial charge in [-0.1, -0.05) is 43.5 Å². The van der Waals surface area contributed by atoms with Crippen LogP contribution in [0.25, 0.3) is 10.9 Å². The minimum Gasteiger partial charge on any atom is -0.426 e. The number of hydrazine groups is 1. The summed E-state index contributed by atoms with van der Waals surface area (Å²) in [5.74, 6) is -2.80. The van der Waals surface area contributed by atoms with Gasteiger partial charge in [-0.3, -0.25) is 9.59 Å². The van der Waals surface area contributed by atoms with Crippen molar-refractivity contribution in [3.63, 3.8) is 0 Å². The maximum Gasteiger partial charge on any atom is 0.475 e. The van der Waals surface area contributed by atoms with Crippen LogP contribution in [0.4, 0.5) is 0 Å². The van der Waals surface area contributed by atoms with E-state index < -0.39 is 29.9 Å². The van der Waals surface area contributed by atoms with E-state index in [-0.39, 0.29) is 42.7 Å². The Bertz CT molecular complexity index is 1060. The number of guanidine groups is 1. The molecule has 2 atom stereocenters. The number of nitrogens with two attached hydrogens (primary N) is 1. The van der Waals surface area contributed by atoms with E-state index in [9.17, 15) is 29.8 Å². The SMILES string of the molecule is CC(C)C[C@H](NC(=O)[C@H](CCCN=C(N)N[N+](=O)[O-])CC(=O)c1ccc2ccccc2n1)B(O)O. The number of hydrogen-bond acceptors (Lipinski definition) is 8. The number of nitro groups is 1. The van der Waals surface area contributed by atoms with Gasteiger partial charge >= 0.3 is 7.12 Å². The molecule has 0 aliphatic heterocycles. The molecule has 0 fully saturated rings. The number of carbonyl (C=O) groups is 2. The first-order chi connectivity index (χ1) is 16.6. The average Bonchev–Trinajstić information content (AvgIpc) is 2.79. The lowest BCUT2D eigenvalue weighted by atomic mass is 9.74. The summed E-state index contributed by atoms with van der Waals surface area (Å²) < 4.78 is 0. The molecule has 1 heterocycles. The van der Waals surface area contributed by atoms with Crippen LogP contribution >= 0.6 is 0 Å². The van der Waals surface area contributed by atoms with E-state index in [0.29, 0.717) is 18.4 Å². The monoisotopic (exact) mass is 486 g/mol. The molecule has 0 radical (unpaired) electrons. The molecule has 1 amide bonds. The highest BCUT2D eigenvalue weighted by molar-refractivity contribution is 6.43. The van der Waals surface area contributed by atoms with Crippen LogP contribution in [-0.4, -0.2) is 57.3 Å². The fourth-order valence-electron chi connectivity index (χ4n) is 3.61. The van der Waals surface area contributed by atoms with Gasteiger partial charge in [-0.2, -0.15) is 0 Å². The Morgan fingerprint density at radius 3 is 2.60 bits per heavy atom. The molecule has 0 aliphatic rings. The van der Waals surface area contributed by atoms with Crippen molar-refractivity contribution >= 4 is 35.7 Å². The van der Waals surface area contributed by atoms with E-state index in [1.807, 2.05) is 32.0 Å². The number of benzene rings is 1. The lowest BCUT2D eigenvalue weighted by Crippen LogP contribution is -2.49. The van der Waals surface area contributed by atoms with Crippen molar-refractivity contribution in [2.24, 2.45) is 22.6 Å². The number of fused-ring (bicyclic) bond motifs is 1. The van der Waals surface area contributed by atoms with Crippen LogP contribution in [-0.2, 0) is 4.79 Å². The number of aromatic nitrogens is 1. The molecular formula is C22H31BN6O6. The number of pyridine rings is 1. The van der Waals surface area contributed by atoms with Gasteiger partial charge < -0.3 is 21.1 Å². The van der Waals surface area contributed by atoms with Gasteiger partial charge in [-0.05, 0) is 37.3 Å². The Labute approximate surface area is 203 Å².